The van der Waals surface area contributed by atoms with Gasteiger partial charge in [-0.15, -0.1) is 0 Å². The zero-order chi connectivity index (χ0) is 25.3. The van der Waals surface area contributed by atoms with E-state index in [9.17, 15) is 18.8 Å². The number of hydrogen-bond donors (Lipinski definition) is 1. The molecule has 0 radical (unpaired) electrons. The second kappa shape index (κ2) is 9.80. The van der Waals surface area contributed by atoms with Crippen molar-refractivity contribution in [3.8, 4) is 0 Å². The Hall–Kier alpha value is -3.22. The smallest absolute Gasteiger partial charge is 0.325 e. The first kappa shape index (κ1) is 24.9. The van der Waals surface area contributed by atoms with Crippen LogP contribution in [0.15, 0.2) is 42.5 Å². The van der Waals surface area contributed by atoms with Gasteiger partial charge in [0, 0.05) is 31.6 Å². The lowest BCUT2D eigenvalue weighted by Gasteiger charge is -2.41. The summed E-state index contributed by atoms with van der Waals surface area (Å²) in [7, 11) is 0. The van der Waals surface area contributed by atoms with Crippen molar-refractivity contribution in [3.05, 3.63) is 70.5 Å². The van der Waals surface area contributed by atoms with Crippen LogP contribution in [-0.2, 0) is 11.2 Å². The van der Waals surface area contributed by atoms with Gasteiger partial charge in [0.2, 0.25) is 0 Å². The molecule has 0 aromatic heterocycles. The summed E-state index contributed by atoms with van der Waals surface area (Å²) in [6, 6.07) is 11.6. The van der Waals surface area contributed by atoms with Crippen molar-refractivity contribution in [1.29, 1.82) is 0 Å². The van der Waals surface area contributed by atoms with E-state index in [2.05, 4.69) is 5.32 Å². The van der Waals surface area contributed by atoms with Crippen LogP contribution >= 0.6 is 0 Å². The number of piperidine rings is 1. The van der Waals surface area contributed by atoms with Gasteiger partial charge in [0.1, 0.15) is 11.4 Å². The maximum atomic E-state index is 14.0. The minimum atomic E-state index is -1.14. The summed E-state index contributed by atoms with van der Waals surface area (Å²) in [4.78, 5) is 43.0. The van der Waals surface area contributed by atoms with Gasteiger partial charge in [0.15, 0.2) is 0 Å². The fraction of sp³-hybridized carbons (Fsp3) is 0.464. The largest absolute Gasteiger partial charge is 0.339 e. The highest BCUT2D eigenvalue weighted by atomic mass is 19.1. The van der Waals surface area contributed by atoms with Crippen molar-refractivity contribution >= 4 is 17.8 Å². The molecule has 1 unspecified atom stereocenters. The monoisotopic (exact) mass is 479 g/mol. The average molecular weight is 480 g/mol. The van der Waals surface area contributed by atoms with E-state index in [1.165, 1.54) is 17.0 Å². The van der Waals surface area contributed by atoms with Crippen LogP contribution in [0.1, 0.15) is 53.7 Å². The lowest BCUT2D eigenvalue weighted by molar-refractivity contribution is -0.134. The molecule has 0 bridgehead atoms. The fourth-order valence-electron chi connectivity index (χ4n) is 5.48. The summed E-state index contributed by atoms with van der Waals surface area (Å²) in [5.74, 6) is -0.667. The molecule has 1 N–H and O–H groups in total. The third-order valence-electron chi connectivity index (χ3n) is 7.21. The standard InChI is InChI=1S/C28H34FN3O3/c1-18(2)17-32-26(34)28(30-27(32)35,16-21-6-5-7-23(29)15-21)22-10-12-31(13-11-22)25(33)24-9-8-19(3)14-20(24)4/h5-9,14-15,18,22H,10-13,16-17H2,1-4H3,(H,30,35). The summed E-state index contributed by atoms with van der Waals surface area (Å²) >= 11 is 0. The van der Waals surface area contributed by atoms with Gasteiger partial charge in [-0.25, -0.2) is 9.18 Å². The zero-order valence-electron chi connectivity index (χ0n) is 20.9. The molecule has 186 valence electrons. The molecule has 2 heterocycles. The number of benzene rings is 2. The molecule has 2 aromatic rings. The van der Waals surface area contributed by atoms with Crippen molar-refractivity contribution in [2.24, 2.45) is 11.8 Å². The number of nitrogens with zero attached hydrogens (tertiary/aromatic N) is 2. The van der Waals surface area contributed by atoms with Crippen LogP contribution in [0.4, 0.5) is 9.18 Å². The molecule has 2 aliphatic heterocycles. The van der Waals surface area contributed by atoms with E-state index in [1.807, 2.05) is 50.8 Å². The Morgan fingerprint density at radius 1 is 1.11 bits per heavy atom. The van der Waals surface area contributed by atoms with Crippen molar-refractivity contribution < 1.29 is 18.8 Å². The van der Waals surface area contributed by atoms with Crippen LogP contribution < -0.4 is 5.32 Å². The van der Waals surface area contributed by atoms with Gasteiger partial charge in [-0.1, -0.05) is 43.7 Å². The van der Waals surface area contributed by atoms with Gasteiger partial charge >= 0.3 is 6.03 Å². The zero-order valence-corrected chi connectivity index (χ0v) is 20.9. The molecule has 4 amide bonds. The number of carbonyl (C=O) groups is 3. The molecule has 7 heteroatoms. The Bertz CT molecular complexity index is 1140. The normalized spacial score (nSPS) is 21.1. The molecule has 6 nitrogen and oxygen atoms in total. The third-order valence-corrected chi connectivity index (χ3v) is 7.21. The van der Waals surface area contributed by atoms with Gasteiger partial charge in [-0.3, -0.25) is 14.5 Å². The summed E-state index contributed by atoms with van der Waals surface area (Å²) in [6.07, 6.45) is 1.38. The van der Waals surface area contributed by atoms with Crippen LogP contribution in [0.2, 0.25) is 0 Å². The number of aryl methyl sites for hydroxylation is 2. The van der Waals surface area contributed by atoms with Crippen LogP contribution in [0.5, 0.6) is 0 Å². The Kier molecular flexibility index (Phi) is 6.97. The average Bonchev–Trinajstić information content (AvgIpc) is 3.03. The van der Waals surface area contributed by atoms with Gasteiger partial charge in [0.25, 0.3) is 11.8 Å². The number of halogens is 1. The SMILES string of the molecule is Cc1ccc(C(=O)N2CCC(C3(Cc4cccc(F)c4)NC(=O)N(CC(C)C)C3=O)CC2)c(C)c1. The number of imide groups is 1. The number of rotatable bonds is 6. The highest BCUT2D eigenvalue weighted by molar-refractivity contribution is 6.07. The first-order valence-electron chi connectivity index (χ1n) is 12.4. The summed E-state index contributed by atoms with van der Waals surface area (Å²) in [5.41, 5.74) is 2.27. The Balaban J connectivity index is 1.58. The predicted octanol–water partition coefficient (Wildman–Crippen LogP) is 4.48. The number of amides is 4. The predicted molar refractivity (Wildman–Crippen MR) is 132 cm³/mol. The first-order chi connectivity index (χ1) is 16.6. The molecule has 2 fully saturated rings. The quantitative estimate of drug-likeness (QED) is 0.621. The van der Waals surface area contributed by atoms with Crippen LogP contribution in [-0.4, -0.2) is 52.8 Å². The second-order valence-electron chi connectivity index (χ2n) is 10.4. The maximum absolute atomic E-state index is 14.0. The molecule has 0 saturated carbocycles. The van der Waals surface area contributed by atoms with Crippen molar-refractivity contribution in [2.45, 2.75) is 52.5 Å². The minimum absolute atomic E-state index is 0.0108. The second-order valence-corrected chi connectivity index (χ2v) is 10.4. The molecule has 0 spiro atoms. The Morgan fingerprint density at radius 2 is 1.83 bits per heavy atom. The molecule has 0 aliphatic carbocycles. The first-order valence-corrected chi connectivity index (χ1v) is 12.4. The van der Waals surface area contributed by atoms with Crippen LogP contribution in [0.3, 0.4) is 0 Å². The van der Waals surface area contributed by atoms with E-state index in [0.717, 1.165) is 11.1 Å². The van der Waals surface area contributed by atoms with Gasteiger partial charge < -0.3 is 10.2 Å². The van der Waals surface area contributed by atoms with Gasteiger partial charge in [-0.05, 0) is 67.9 Å². The molecule has 2 aliphatic rings. The molecule has 2 saturated heterocycles. The van der Waals surface area contributed by atoms with E-state index in [-0.39, 0.29) is 35.9 Å². The number of carbonyl (C=O) groups excluding carboxylic acids is 3. The molecule has 1 atom stereocenters. The molecule has 2 aromatic carbocycles. The maximum Gasteiger partial charge on any atom is 0.325 e. The van der Waals surface area contributed by atoms with E-state index in [4.69, 9.17) is 0 Å². The van der Waals surface area contributed by atoms with Gasteiger partial charge in [0.05, 0.1) is 0 Å². The molecule has 35 heavy (non-hydrogen) atoms. The Labute approximate surface area is 206 Å². The fourth-order valence-corrected chi connectivity index (χ4v) is 5.48. The highest BCUT2D eigenvalue weighted by Gasteiger charge is 2.56. The molecular formula is C28H34FN3O3. The number of likely N-dealkylation sites (tertiary alicyclic amines) is 1. The Morgan fingerprint density at radius 3 is 2.46 bits per heavy atom. The van der Waals surface area contributed by atoms with Crippen LogP contribution in [0.25, 0.3) is 0 Å². The van der Waals surface area contributed by atoms with E-state index >= 15 is 0 Å². The minimum Gasteiger partial charge on any atom is -0.339 e. The van der Waals surface area contributed by atoms with E-state index < -0.39 is 11.6 Å². The topological polar surface area (TPSA) is 69.7 Å². The van der Waals surface area contributed by atoms with E-state index in [0.29, 0.717) is 43.6 Å². The summed E-state index contributed by atoms with van der Waals surface area (Å²) in [5, 5.41) is 3.01. The number of hydrogen-bond acceptors (Lipinski definition) is 3. The molecule has 4 rings (SSSR count). The number of urea groups is 1. The molecular weight excluding hydrogens is 445 g/mol. The summed E-state index contributed by atoms with van der Waals surface area (Å²) in [6.45, 7) is 9.19. The number of nitrogens with one attached hydrogen (secondary N) is 1. The highest BCUT2D eigenvalue weighted by Crippen LogP contribution is 2.37. The van der Waals surface area contributed by atoms with Gasteiger partial charge in [-0.2, -0.15) is 0 Å². The lowest BCUT2D eigenvalue weighted by Crippen LogP contribution is -2.58. The van der Waals surface area contributed by atoms with E-state index in [1.54, 1.807) is 12.1 Å². The van der Waals surface area contributed by atoms with Crippen molar-refractivity contribution in [1.82, 2.24) is 15.1 Å². The summed E-state index contributed by atoms with van der Waals surface area (Å²) < 4.78 is 14.0. The van der Waals surface area contributed by atoms with Crippen molar-refractivity contribution in [3.63, 3.8) is 0 Å². The lowest BCUT2D eigenvalue weighted by atomic mass is 9.73. The van der Waals surface area contributed by atoms with Crippen molar-refractivity contribution in [2.75, 3.05) is 19.6 Å². The third kappa shape index (κ3) is 4.95. The van der Waals surface area contributed by atoms with Crippen LogP contribution in [0, 0.1) is 31.5 Å².